The maximum atomic E-state index is 12.6. The van der Waals surface area contributed by atoms with Crippen LogP contribution in [0, 0.1) is 20.8 Å². The van der Waals surface area contributed by atoms with Crippen molar-refractivity contribution >= 4 is 40.9 Å². The van der Waals surface area contributed by atoms with Gasteiger partial charge in [-0.05, 0) is 50.6 Å². The number of rotatable bonds is 7. The minimum absolute atomic E-state index is 0.399. The van der Waals surface area contributed by atoms with Gasteiger partial charge in [-0.15, -0.1) is 11.8 Å². The molecule has 30 heavy (non-hydrogen) atoms. The summed E-state index contributed by atoms with van der Waals surface area (Å²) in [4.78, 5) is 25.5. The van der Waals surface area contributed by atoms with Crippen LogP contribution in [0.25, 0.3) is 0 Å². The molecule has 0 atom stereocenters. The van der Waals surface area contributed by atoms with Gasteiger partial charge >= 0.3 is 5.97 Å². The number of benzene rings is 2. The summed E-state index contributed by atoms with van der Waals surface area (Å²) < 4.78 is 10.4. The Hall–Kier alpha value is -2.77. The predicted molar refractivity (Wildman–Crippen MR) is 117 cm³/mol. The fourth-order valence-electron chi connectivity index (χ4n) is 2.74. The van der Waals surface area contributed by atoms with Crippen molar-refractivity contribution in [3.8, 4) is 0 Å². The third kappa shape index (κ3) is 5.43. The monoisotopic (exact) mass is 444 g/mol. The predicted octanol–water partition coefficient (Wildman–Crippen LogP) is 5.34. The smallest absolute Gasteiger partial charge is 0.339 e. The number of halogens is 1. The summed E-state index contributed by atoms with van der Waals surface area (Å²) in [7, 11) is 0. The SMILES string of the molecule is Cc1ccc(NC(=O)COC(=O)c2ccccc2SCc2c(C)noc2C)c(Cl)c1. The Bertz CT molecular complexity index is 1060. The molecule has 3 rings (SSSR count). The van der Waals surface area contributed by atoms with Gasteiger partial charge in [0.1, 0.15) is 5.76 Å². The summed E-state index contributed by atoms with van der Waals surface area (Å²) in [5.74, 6) is 0.334. The fourth-order valence-corrected chi connectivity index (χ4v) is 4.21. The first-order chi connectivity index (χ1) is 14.3. The highest BCUT2D eigenvalue weighted by Gasteiger charge is 2.17. The van der Waals surface area contributed by atoms with Crippen molar-refractivity contribution in [2.75, 3.05) is 11.9 Å². The largest absolute Gasteiger partial charge is 0.452 e. The Labute approximate surface area is 183 Å². The summed E-state index contributed by atoms with van der Waals surface area (Å²) in [6.45, 7) is 5.23. The number of esters is 1. The van der Waals surface area contributed by atoms with Crippen LogP contribution >= 0.6 is 23.4 Å². The average molecular weight is 445 g/mol. The molecule has 8 heteroatoms. The molecule has 1 heterocycles. The Kier molecular flexibility index (Phi) is 7.18. The van der Waals surface area contributed by atoms with Gasteiger partial charge in [-0.2, -0.15) is 0 Å². The zero-order chi connectivity index (χ0) is 21.7. The van der Waals surface area contributed by atoms with Crippen LogP contribution in [0.3, 0.4) is 0 Å². The van der Waals surface area contributed by atoms with Gasteiger partial charge in [0.05, 0.1) is 22.0 Å². The number of hydrogen-bond donors (Lipinski definition) is 1. The molecule has 6 nitrogen and oxygen atoms in total. The molecular weight excluding hydrogens is 424 g/mol. The molecule has 0 saturated carbocycles. The number of thioether (sulfide) groups is 1. The van der Waals surface area contributed by atoms with Gasteiger partial charge in [0, 0.05) is 16.2 Å². The van der Waals surface area contributed by atoms with E-state index in [1.54, 1.807) is 24.3 Å². The van der Waals surface area contributed by atoms with E-state index < -0.39 is 18.5 Å². The van der Waals surface area contributed by atoms with E-state index in [9.17, 15) is 9.59 Å². The zero-order valence-electron chi connectivity index (χ0n) is 16.8. The molecule has 0 spiro atoms. The number of carbonyl (C=O) groups is 2. The van der Waals surface area contributed by atoms with Crippen LogP contribution in [0.1, 0.15) is 32.9 Å². The number of nitrogens with zero attached hydrogens (tertiary/aromatic N) is 1. The van der Waals surface area contributed by atoms with E-state index >= 15 is 0 Å². The van der Waals surface area contributed by atoms with Gasteiger partial charge in [-0.1, -0.05) is 35.0 Å². The highest BCUT2D eigenvalue weighted by atomic mass is 35.5. The van der Waals surface area contributed by atoms with E-state index in [1.807, 2.05) is 39.0 Å². The molecule has 2 aromatic carbocycles. The topological polar surface area (TPSA) is 81.4 Å². The first kappa shape index (κ1) is 21.9. The third-order valence-electron chi connectivity index (χ3n) is 4.39. The van der Waals surface area contributed by atoms with Crippen LogP contribution < -0.4 is 5.32 Å². The first-order valence-corrected chi connectivity index (χ1v) is 10.6. The van der Waals surface area contributed by atoms with Crippen LogP contribution in [0.15, 0.2) is 51.9 Å². The van der Waals surface area contributed by atoms with Crippen LogP contribution in [-0.2, 0) is 15.3 Å². The number of hydrogen-bond acceptors (Lipinski definition) is 6. The van der Waals surface area contributed by atoms with Crippen LogP contribution in [0.5, 0.6) is 0 Å². The minimum Gasteiger partial charge on any atom is -0.452 e. The molecule has 1 N–H and O–H groups in total. The number of ether oxygens (including phenoxy) is 1. The Balaban J connectivity index is 1.61. The Morgan fingerprint density at radius 1 is 1.17 bits per heavy atom. The second kappa shape index (κ2) is 9.82. The van der Waals surface area contributed by atoms with Crippen LogP contribution in [0.2, 0.25) is 5.02 Å². The van der Waals surface area contributed by atoms with Crippen molar-refractivity contribution in [3.63, 3.8) is 0 Å². The van der Waals surface area contributed by atoms with Crippen molar-refractivity contribution in [3.05, 3.63) is 75.6 Å². The molecule has 0 aliphatic carbocycles. The molecule has 0 fully saturated rings. The second-order valence-electron chi connectivity index (χ2n) is 6.70. The van der Waals surface area contributed by atoms with E-state index in [0.717, 1.165) is 27.5 Å². The lowest BCUT2D eigenvalue weighted by Crippen LogP contribution is -2.21. The number of carbonyl (C=O) groups excluding carboxylic acids is 2. The molecule has 1 amide bonds. The fraction of sp³-hybridized carbons (Fsp3) is 0.227. The van der Waals surface area contributed by atoms with Gasteiger partial charge in [0.15, 0.2) is 6.61 Å². The van der Waals surface area contributed by atoms with Gasteiger partial charge in [0.2, 0.25) is 0 Å². The van der Waals surface area contributed by atoms with E-state index in [-0.39, 0.29) is 0 Å². The second-order valence-corrected chi connectivity index (χ2v) is 8.12. The number of amides is 1. The highest BCUT2D eigenvalue weighted by molar-refractivity contribution is 7.98. The highest BCUT2D eigenvalue weighted by Crippen LogP contribution is 2.29. The van der Waals surface area contributed by atoms with E-state index in [2.05, 4.69) is 10.5 Å². The maximum absolute atomic E-state index is 12.6. The molecule has 0 aliphatic rings. The lowest BCUT2D eigenvalue weighted by atomic mass is 10.2. The molecular formula is C22H21ClN2O4S. The Morgan fingerprint density at radius 2 is 1.93 bits per heavy atom. The molecule has 0 bridgehead atoms. The van der Waals surface area contributed by atoms with Gasteiger partial charge in [-0.3, -0.25) is 4.79 Å². The quantitative estimate of drug-likeness (QED) is 0.391. The van der Waals surface area contributed by atoms with Gasteiger partial charge in [-0.25, -0.2) is 4.79 Å². The molecule has 156 valence electrons. The number of anilines is 1. The normalized spacial score (nSPS) is 10.7. The molecule has 0 aliphatic heterocycles. The van der Waals surface area contributed by atoms with E-state index in [1.165, 1.54) is 11.8 Å². The minimum atomic E-state index is -0.568. The number of aryl methyl sites for hydroxylation is 3. The summed E-state index contributed by atoms with van der Waals surface area (Å²) in [5, 5.41) is 7.02. The third-order valence-corrected chi connectivity index (χ3v) is 5.81. The summed E-state index contributed by atoms with van der Waals surface area (Å²) >= 11 is 7.60. The first-order valence-electron chi connectivity index (χ1n) is 9.22. The molecule has 0 radical (unpaired) electrons. The summed E-state index contributed by atoms with van der Waals surface area (Å²) in [5.41, 5.74) is 3.67. The van der Waals surface area contributed by atoms with Crippen molar-refractivity contribution in [2.24, 2.45) is 0 Å². The van der Waals surface area contributed by atoms with Gasteiger partial charge < -0.3 is 14.6 Å². The number of nitrogens with one attached hydrogen (secondary N) is 1. The summed E-state index contributed by atoms with van der Waals surface area (Å²) in [6, 6.07) is 12.4. The van der Waals surface area contributed by atoms with Crippen molar-refractivity contribution in [1.82, 2.24) is 5.16 Å². The number of aromatic nitrogens is 1. The molecule has 0 unspecified atom stereocenters. The van der Waals surface area contributed by atoms with Crippen molar-refractivity contribution in [2.45, 2.75) is 31.4 Å². The standard InChI is InChI=1S/C22H21ClN2O4S/c1-13-8-9-19(18(23)10-13)24-21(26)11-28-22(27)16-6-4-5-7-20(16)30-12-17-14(2)25-29-15(17)3/h4-10H,11-12H2,1-3H3,(H,24,26). The van der Waals surface area contributed by atoms with Crippen molar-refractivity contribution < 1.29 is 18.8 Å². The van der Waals surface area contributed by atoms with Crippen LogP contribution in [0.4, 0.5) is 5.69 Å². The Morgan fingerprint density at radius 3 is 2.63 bits per heavy atom. The zero-order valence-corrected chi connectivity index (χ0v) is 18.4. The van der Waals surface area contributed by atoms with E-state index in [0.29, 0.717) is 22.0 Å². The van der Waals surface area contributed by atoms with Crippen LogP contribution in [-0.4, -0.2) is 23.6 Å². The molecule has 3 aromatic rings. The average Bonchev–Trinajstić information content (AvgIpc) is 3.04. The molecule has 1 aromatic heterocycles. The van der Waals surface area contributed by atoms with E-state index in [4.69, 9.17) is 20.9 Å². The van der Waals surface area contributed by atoms with Gasteiger partial charge in [0.25, 0.3) is 5.91 Å². The lowest BCUT2D eigenvalue weighted by molar-refractivity contribution is -0.119. The maximum Gasteiger partial charge on any atom is 0.339 e. The lowest BCUT2D eigenvalue weighted by Gasteiger charge is -2.10. The van der Waals surface area contributed by atoms with Crippen molar-refractivity contribution in [1.29, 1.82) is 0 Å². The summed E-state index contributed by atoms with van der Waals surface area (Å²) in [6.07, 6.45) is 0. The molecule has 0 saturated heterocycles.